The summed E-state index contributed by atoms with van der Waals surface area (Å²) < 4.78 is 2.75. The lowest BCUT2D eigenvalue weighted by molar-refractivity contribution is 0.398. The molecule has 1 heterocycles. The molecule has 0 bridgehead atoms. The normalized spacial score (nSPS) is 12.5. The second-order valence-electron chi connectivity index (χ2n) is 25.9. The summed E-state index contributed by atoms with van der Waals surface area (Å²) in [7, 11) is 0. The van der Waals surface area contributed by atoms with Crippen LogP contribution in [0.3, 0.4) is 0 Å². The molecule has 9 aromatic carbocycles. The van der Waals surface area contributed by atoms with E-state index in [0.29, 0.717) is 0 Å². The van der Waals surface area contributed by atoms with Crippen molar-refractivity contribution in [3.63, 3.8) is 0 Å². The number of rotatable bonds is 31. The van der Waals surface area contributed by atoms with Crippen LogP contribution in [0.25, 0.3) is 72.0 Å². The highest BCUT2D eigenvalue weighted by molar-refractivity contribution is 6.19. The first kappa shape index (κ1) is 61.2. The molecule has 0 aliphatic heterocycles. The van der Waals surface area contributed by atoms with Crippen molar-refractivity contribution in [1.29, 1.82) is 0 Å². The first-order chi connectivity index (χ1) is 42.8. The Bertz CT molecular complexity index is 3790. The summed E-state index contributed by atoms with van der Waals surface area (Å²) in [6.45, 7) is 13.9. The van der Waals surface area contributed by atoms with Crippen molar-refractivity contribution in [3.05, 3.63) is 228 Å². The minimum atomic E-state index is -0.0106. The predicted octanol–water partition coefficient (Wildman–Crippen LogP) is 25.9. The molecule has 0 saturated heterocycles. The summed E-state index contributed by atoms with van der Waals surface area (Å²) in [6, 6.07) is 75.1. The maximum atomic E-state index is 2.75. The van der Waals surface area contributed by atoms with Crippen LogP contribution in [0.2, 0.25) is 0 Å². The standard InChI is InChI=1S/C85H98N2/c1-7-11-15-19-21-31-57-85(58-32-22-20-16-12-8-2)78-54-56-81-84(83(78)75-53-41-64(6)59-79(75)85)77-60-69(66-35-29-24-30-36-66)46-55-80(77)87(81)82-62-70(37-25-17-13-9-3)76(61-71(82)38-26-18-14-10-4)68-44-51-74(52-45-68)86(72-47-39-63(5)40-48-72)73-49-42-67(43-50-73)65-33-27-23-28-34-65/h23-24,27-30,33-36,39-56,59-62H,7-22,25-26,31-32,37-38,57-58H2,1-6H3. The molecule has 0 amide bonds. The lowest BCUT2D eigenvalue weighted by Gasteiger charge is -2.33. The third kappa shape index (κ3) is 13.7. The highest BCUT2D eigenvalue weighted by Crippen LogP contribution is 2.58. The molecule has 0 N–H and O–H groups in total. The van der Waals surface area contributed by atoms with Gasteiger partial charge in [0.25, 0.3) is 0 Å². The zero-order valence-corrected chi connectivity index (χ0v) is 53.8. The van der Waals surface area contributed by atoms with Crippen molar-refractivity contribution in [2.75, 3.05) is 4.90 Å². The quantitative estimate of drug-likeness (QED) is 0.0393. The van der Waals surface area contributed by atoms with E-state index >= 15 is 0 Å². The van der Waals surface area contributed by atoms with E-state index < -0.39 is 0 Å². The van der Waals surface area contributed by atoms with Crippen LogP contribution >= 0.6 is 0 Å². The lowest BCUT2D eigenvalue weighted by Crippen LogP contribution is -2.25. The molecule has 2 heteroatoms. The van der Waals surface area contributed by atoms with Gasteiger partial charge in [0.05, 0.1) is 11.0 Å². The number of hydrogen-bond acceptors (Lipinski definition) is 1. The largest absolute Gasteiger partial charge is 0.311 e. The van der Waals surface area contributed by atoms with E-state index in [1.807, 2.05) is 0 Å². The minimum Gasteiger partial charge on any atom is -0.311 e. The van der Waals surface area contributed by atoms with Crippen LogP contribution in [0, 0.1) is 13.8 Å². The Kier molecular flexibility index (Phi) is 20.8. The number of nitrogens with zero attached hydrogens (tertiary/aromatic N) is 2. The van der Waals surface area contributed by atoms with Crippen molar-refractivity contribution in [2.24, 2.45) is 0 Å². The Morgan fingerprint density at radius 2 is 0.816 bits per heavy atom. The molecule has 10 aromatic rings. The van der Waals surface area contributed by atoms with Crippen LogP contribution in [-0.2, 0) is 18.3 Å². The molecule has 11 rings (SSSR count). The van der Waals surface area contributed by atoms with Gasteiger partial charge in [-0.3, -0.25) is 0 Å². The van der Waals surface area contributed by atoms with Gasteiger partial charge >= 0.3 is 0 Å². The Labute approximate surface area is 524 Å². The molecule has 1 aliphatic rings. The molecule has 0 spiro atoms. The molecule has 1 aromatic heterocycles. The maximum absolute atomic E-state index is 2.75. The van der Waals surface area contributed by atoms with Gasteiger partial charge in [0.15, 0.2) is 0 Å². The van der Waals surface area contributed by atoms with Crippen LogP contribution in [0.5, 0.6) is 0 Å². The number of benzene rings is 9. The van der Waals surface area contributed by atoms with E-state index in [4.69, 9.17) is 0 Å². The van der Waals surface area contributed by atoms with Crippen molar-refractivity contribution in [1.82, 2.24) is 4.57 Å². The summed E-state index contributed by atoms with van der Waals surface area (Å²) in [6.07, 6.45) is 30.1. The van der Waals surface area contributed by atoms with E-state index in [-0.39, 0.29) is 5.41 Å². The van der Waals surface area contributed by atoms with Gasteiger partial charge < -0.3 is 9.47 Å². The van der Waals surface area contributed by atoms with Gasteiger partial charge in [-0.25, -0.2) is 0 Å². The van der Waals surface area contributed by atoms with Crippen molar-refractivity contribution < 1.29 is 0 Å². The third-order valence-electron chi connectivity index (χ3n) is 19.5. The minimum absolute atomic E-state index is 0.0106. The third-order valence-corrected chi connectivity index (χ3v) is 19.5. The molecule has 0 unspecified atom stereocenters. The van der Waals surface area contributed by atoms with Crippen molar-refractivity contribution >= 4 is 38.9 Å². The van der Waals surface area contributed by atoms with E-state index in [1.165, 1.54) is 236 Å². The fourth-order valence-corrected chi connectivity index (χ4v) is 14.8. The summed E-state index contributed by atoms with van der Waals surface area (Å²) >= 11 is 0. The number of aryl methyl sites for hydroxylation is 4. The van der Waals surface area contributed by atoms with Crippen LogP contribution < -0.4 is 4.90 Å². The predicted molar refractivity (Wildman–Crippen MR) is 379 cm³/mol. The number of hydrogen-bond donors (Lipinski definition) is 0. The molecule has 448 valence electrons. The number of anilines is 3. The fraction of sp³-hybridized carbons (Fsp3) is 0.365. The number of unbranched alkanes of at least 4 members (excludes halogenated alkanes) is 16. The molecule has 0 saturated carbocycles. The van der Waals surface area contributed by atoms with Gasteiger partial charge in [0.2, 0.25) is 0 Å². The molecule has 2 nitrogen and oxygen atoms in total. The van der Waals surface area contributed by atoms with Crippen LogP contribution in [0.4, 0.5) is 17.1 Å². The highest BCUT2D eigenvalue weighted by atomic mass is 15.1. The second kappa shape index (κ2) is 29.5. The van der Waals surface area contributed by atoms with Gasteiger partial charge in [0, 0.05) is 38.9 Å². The average molecular weight is 1150 g/mol. The average Bonchev–Trinajstić information content (AvgIpc) is 1.55. The smallest absolute Gasteiger partial charge is 0.0547 e. The molecule has 0 fully saturated rings. The summed E-state index contributed by atoms with van der Waals surface area (Å²) in [4.78, 5) is 2.42. The highest BCUT2D eigenvalue weighted by Gasteiger charge is 2.44. The molecular weight excluding hydrogens is 1050 g/mol. The van der Waals surface area contributed by atoms with E-state index in [2.05, 4.69) is 245 Å². The van der Waals surface area contributed by atoms with Crippen LogP contribution in [0.15, 0.2) is 194 Å². The summed E-state index contributed by atoms with van der Waals surface area (Å²) in [5.74, 6) is 0. The summed E-state index contributed by atoms with van der Waals surface area (Å²) in [5.41, 5.74) is 26.8. The molecule has 87 heavy (non-hydrogen) atoms. The van der Waals surface area contributed by atoms with Gasteiger partial charge in [-0.15, -0.1) is 0 Å². The first-order valence-electron chi connectivity index (χ1n) is 34.4. The van der Waals surface area contributed by atoms with Gasteiger partial charge in [0.1, 0.15) is 0 Å². The summed E-state index contributed by atoms with van der Waals surface area (Å²) in [5, 5.41) is 2.81. The molecule has 0 atom stereocenters. The van der Waals surface area contributed by atoms with Crippen LogP contribution in [-0.4, -0.2) is 4.57 Å². The second-order valence-corrected chi connectivity index (χ2v) is 25.9. The topological polar surface area (TPSA) is 8.17 Å². The lowest BCUT2D eigenvalue weighted by atomic mass is 9.70. The molecule has 0 radical (unpaired) electrons. The Hall–Kier alpha value is -7.42. The maximum Gasteiger partial charge on any atom is 0.0547 e. The molecule has 1 aliphatic carbocycles. The van der Waals surface area contributed by atoms with E-state index in [1.54, 1.807) is 11.1 Å². The number of fused-ring (bicyclic) bond motifs is 7. The monoisotopic (exact) mass is 1150 g/mol. The Morgan fingerprint density at radius 3 is 1.40 bits per heavy atom. The van der Waals surface area contributed by atoms with Crippen LogP contribution in [0.1, 0.15) is 202 Å². The SMILES string of the molecule is CCCCCCCCC1(CCCCCCCC)c2cc(C)ccc2-c2c1ccc1c2c2cc(-c3ccccc3)ccc2n1-c1cc(CCCCCC)c(-c2ccc(N(c3ccc(C)cc3)c3ccc(-c4ccccc4)cc3)cc2)cc1CCCCCC. The van der Waals surface area contributed by atoms with Crippen molar-refractivity contribution in [2.45, 2.75) is 201 Å². The number of aromatic nitrogens is 1. The Morgan fingerprint density at radius 1 is 0.345 bits per heavy atom. The fourth-order valence-electron chi connectivity index (χ4n) is 14.8. The van der Waals surface area contributed by atoms with Gasteiger partial charge in [-0.1, -0.05) is 282 Å². The Balaban J connectivity index is 1.09. The van der Waals surface area contributed by atoms with Gasteiger partial charge in [-0.05, 0) is 186 Å². The first-order valence-corrected chi connectivity index (χ1v) is 34.4. The van der Waals surface area contributed by atoms with Gasteiger partial charge in [-0.2, -0.15) is 0 Å². The molecular formula is C85H98N2. The zero-order valence-electron chi connectivity index (χ0n) is 53.8. The zero-order chi connectivity index (χ0) is 60.0. The van der Waals surface area contributed by atoms with E-state index in [9.17, 15) is 0 Å². The van der Waals surface area contributed by atoms with Crippen molar-refractivity contribution in [3.8, 4) is 50.2 Å². The van der Waals surface area contributed by atoms with E-state index in [0.717, 1.165) is 29.9 Å².